The van der Waals surface area contributed by atoms with Gasteiger partial charge in [0, 0.05) is 12.2 Å². The highest BCUT2D eigenvalue weighted by Gasteiger charge is 2.43. The van der Waals surface area contributed by atoms with Crippen LogP contribution in [0, 0.1) is 17.2 Å². The maximum Gasteiger partial charge on any atom is 0.232 e. The summed E-state index contributed by atoms with van der Waals surface area (Å²) in [6.45, 7) is 5.62. The van der Waals surface area contributed by atoms with Crippen LogP contribution >= 0.6 is 15.9 Å². The van der Waals surface area contributed by atoms with Crippen LogP contribution in [0.1, 0.15) is 20.3 Å². The zero-order valence-corrected chi connectivity index (χ0v) is 12.7. The molecule has 1 heterocycles. The van der Waals surface area contributed by atoms with Crippen LogP contribution in [0.5, 0.6) is 0 Å². The third kappa shape index (κ3) is 2.82. The molecule has 1 fully saturated rings. The van der Waals surface area contributed by atoms with Gasteiger partial charge in [0.25, 0.3) is 0 Å². The van der Waals surface area contributed by atoms with E-state index >= 15 is 0 Å². The molecule has 1 aromatic rings. The minimum absolute atomic E-state index is 0.0331. The normalized spacial score (nSPS) is 22.8. The summed E-state index contributed by atoms with van der Waals surface area (Å²) in [5, 5.41) is 6.07. The summed E-state index contributed by atoms with van der Waals surface area (Å²) in [7, 11) is 0. The zero-order valence-electron chi connectivity index (χ0n) is 11.1. The lowest BCUT2D eigenvalue weighted by molar-refractivity contribution is -0.126. The molecule has 104 valence electrons. The van der Waals surface area contributed by atoms with Crippen molar-refractivity contribution in [3.05, 3.63) is 28.5 Å². The van der Waals surface area contributed by atoms with Gasteiger partial charge in [-0.05, 0) is 53.0 Å². The molecule has 0 saturated carbocycles. The SMILES string of the molecule is CC(C)C1(C(=O)Nc2ccc(Br)c(F)c2)CCNC1. The van der Waals surface area contributed by atoms with E-state index in [1.165, 1.54) is 6.07 Å². The summed E-state index contributed by atoms with van der Waals surface area (Å²) in [6.07, 6.45) is 0.815. The summed E-state index contributed by atoms with van der Waals surface area (Å²) in [6, 6.07) is 4.62. The molecular weight excluding hydrogens is 311 g/mol. The molecule has 0 radical (unpaired) electrons. The summed E-state index contributed by atoms with van der Waals surface area (Å²) in [4.78, 5) is 12.5. The fourth-order valence-corrected chi connectivity index (χ4v) is 2.74. The van der Waals surface area contributed by atoms with Crippen LogP contribution in [-0.2, 0) is 4.79 Å². The van der Waals surface area contributed by atoms with Crippen LogP contribution < -0.4 is 10.6 Å². The molecule has 2 rings (SSSR count). The van der Waals surface area contributed by atoms with Crippen molar-refractivity contribution in [1.82, 2.24) is 5.32 Å². The first-order valence-electron chi connectivity index (χ1n) is 6.43. The number of anilines is 1. The number of benzene rings is 1. The van der Waals surface area contributed by atoms with Crippen molar-refractivity contribution in [2.45, 2.75) is 20.3 Å². The first-order valence-corrected chi connectivity index (χ1v) is 7.22. The number of carbonyl (C=O) groups excluding carboxylic acids is 1. The fraction of sp³-hybridized carbons (Fsp3) is 0.500. The molecule has 0 aliphatic carbocycles. The van der Waals surface area contributed by atoms with Crippen molar-refractivity contribution in [3.63, 3.8) is 0 Å². The molecule has 0 bridgehead atoms. The van der Waals surface area contributed by atoms with Gasteiger partial charge in [0.05, 0.1) is 9.89 Å². The van der Waals surface area contributed by atoms with Gasteiger partial charge >= 0.3 is 0 Å². The maximum atomic E-state index is 13.5. The average Bonchev–Trinajstić information content (AvgIpc) is 2.84. The van der Waals surface area contributed by atoms with Crippen LogP contribution in [0.25, 0.3) is 0 Å². The second-order valence-electron chi connectivity index (χ2n) is 5.32. The van der Waals surface area contributed by atoms with Crippen LogP contribution in [0.3, 0.4) is 0 Å². The quantitative estimate of drug-likeness (QED) is 0.894. The zero-order chi connectivity index (χ0) is 14.0. The molecule has 19 heavy (non-hydrogen) atoms. The first kappa shape index (κ1) is 14.5. The molecule has 2 N–H and O–H groups in total. The third-order valence-electron chi connectivity index (χ3n) is 3.92. The lowest BCUT2D eigenvalue weighted by Gasteiger charge is -2.31. The van der Waals surface area contributed by atoms with E-state index in [-0.39, 0.29) is 17.6 Å². The Morgan fingerprint density at radius 3 is 2.79 bits per heavy atom. The Hall–Kier alpha value is -0.940. The average molecular weight is 329 g/mol. The molecular formula is C14H18BrFN2O. The molecule has 1 unspecified atom stereocenters. The molecule has 0 aromatic heterocycles. The number of hydrogen-bond acceptors (Lipinski definition) is 2. The predicted octanol–water partition coefficient (Wildman–Crippen LogP) is 3.16. The smallest absolute Gasteiger partial charge is 0.232 e. The van der Waals surface area contributed by atoms with Crippen molar-refractivity contribution in [2.24, 2.45) is 11.3 Å². The van der Waals surface area contributed by atoms with Gasteiger partial charge in [0.1, 0.15) is 5.82 Å². The van der Waals surface area contributed by atoms with Crippen molar-refractivity contribution in [3.8, 4) is 0 Å². The van der Waals surface area contributed by atoms with Gasteiger partial charge in [-0.3, -0.25) is 4.79 Å². The molecule has 3 nitrogen and oxygen atoms in total. The van der Waals surface area contributed by atoms with Gasteiger partial charge in [0.2, 0.25) is 5.91 Å². The molecule has 1 aliphatic heterocycles. The maximum absolute atomic E-state index is 13.5. The topological polar surface area (TPSA) is 41.1 Å². The standard InChI is InChI=1S/C14H18BrFN2O/c1-9(2)14(5-6-17-8-14)13(19)18-10-3-4-11(15)12(16)7-10/h3-4,7,9,17H,5-6,8H2,1-2H3,(H,18,19). The highest BCUT2D eigenvalue weighted by Crippen LogP contribution is 2.35. The molecule has 1 saturated heterocycles. The minimum atomic E-state index is -0.399. The van der Waals surface area contributed by atoms with Gasteiger partial charge in [-0.15, -0.1) is 0 Å². The molecule has 1 amide bonds. The van der Waals surface area contributed by atoms with Crippen LogP contribution in [0.15, 0.2) is 22.7 Å². The number of hydrogen-bond donors (Lipinski definition) is 2. The van der Waals surface area contributed by atoms with Crippen LogP contribution in [0.4, 0.5) is 10.1 Å². The number of halogens is 2. The van der Waals surface area contributed by atoms with Crippen LogP contribution in [0.2, 0.25) is 0 Å². The summed E-state index contributed by atoms with van der Waals surface area (Å²) < 4.78 is 13.8. The van der Waals surface area contributed by atoms with Gasteiger partial charge in [-0.2, -0.15) is 0 Å². The molecule has 1 atom stereocenters. The van der Waals surface area contributed by atoms with Crippen molar-refractivity contribution in [2.75, 3.05) is 18.4 Å². The van der Waals surface area contributed by atoms with E-state index in [0.29, 0.717) is 16.7 Å². The van der Waals surface area contributed by atoms with Gasteiger partial charge in [-0.1, -0.05) is 13.8 Å². The van der Waals surface area contributed by atoms with E-state index in [1.807, 2.05) is 0 Å². The van der Waals surface area contributed by atoms with Gasteiger partial charge in [0.15, 0.2) is 0 Å². The number of rotatable bonds is 3. The number of carbonyl (C=O) groups is 1. The monoisotopic (exact) mass is 328 g/mol. The molecule has 5 heteroatoms. The van der Waals surface area contributed by atoms with E-state index < -0.39 is 5.41 Å². The highest BCUT2D eigenvalue weighted by atomic mass is 79.9. The minimum Gasteiger partial charge on any atom is -0.325 e. The van der Waals surface area contributed by atoms with Crippen molar-refractivity contribution in [1.29, 1.82) is 0 Å². The fourth-order valence-electron chi connectivity index (χ4n) is 2.49. The number of amides is 1. The number of nitrogens with one attached hydrogen (secondary N) is 2. The third-order valence-corrected chi connectivity index (χ3v) is 4.57. The Balaban J connectivity index is 2.17. The first-order chi connectivity index (χ1) is 8.95. The van der Waals surface area contributed by atoms with E-state index in [1.54, 1.807) is 12.1 Å². The van der Waals surface area contributed by atoms with Crippen molar-refractivity contribution < 1.29 is 9.18 Å². The Labute approximate surface area is 121 Å². The Bertz CT molecular complexity index is 484. The summed E-state index contributed by atoms with van der Waals surface area (Å²) in [5.74, 6) is -0.169. The van der Waals surface area contributed by atoms with E-state index in [2.05, 4.69) is 40.4 Å². The Morgan fingerprint density at radius 2 is 2.26 bits per heavy atom. The Kier molecular flexibility index (Phi) is 4.26. The molecule has 0 spiro atoms. The Morgan fingerprint density at radius 1 is 1.53 bits per heavy atom. The second-order valence-corrected chi connectivity index (χ2v) is 6.17. The largest absolute Gasteiger partial charge is 0.325 e. The second kappa shape index (κ2) is 5.59. The highest BCUT2D eigenvalue weighted by molar-refractivity contribution is 9.10. The predicted molar refractivity (Wildman–Crippen MR) is 77.5 cm³/mol. The van der Waals surface area contributed by atoms with Crippen LogP contribution in [-0.4, -0.2) is 19.0 Å². The van der Waals surface area contributed by atoms with E-state index in [9.17, 15) is 9.18 Å². The summed E-state index contributed by atoms with van der Waals surface area (Å²) >= 11 is 3.10. The molecule has 1 aliphatic rings. The van der Waals surface area contributed by atoms with Crippen molar-refractivity contribution >= 4 is 27.5 Å². The van der Waals surface area contributed by atoms with E-state index in [0.717, 1.165) is 13.0 Å². The van der Waals surface area contributed by atoms with E-state index in [4.69, 9.17) is 0 Å². The lowest BCUT2D eigenvalue weighted by atomic mass is 9.75. The van der Waals surface area contributed by atoms with Gasteiger partial charge in [-0.25, -0.2) is 4.39 Å². The molecule has 1 aromatic carbocycles. The summed E-state index contributed by atoms with van der Waals surface area (Å²) in [5.41, 5.74) is 0.0985. The van der Waals surface area contributed by atoms with Gasteiger partial charge < -0.3 is 10.6 Å². The lowest BCUT2D eigenvalue weighted by Crippen LogP contribution is -2.42.